The molecule has 0 unspecified atom stereocenters. The highest BCUT2D eigenvalue weighted by atomic mass is 16.6. The highest BCUT2D eigenvalue weighted by Crippen LogP contribution is 2.14. The molecule has 6 heteroatoms. The van der Waals surface area contributed by atoms with Gasteiger partial charge in [0.2, 0.25) is 0 Å². The lowest BCUT2D eigenvalue weighted by Crippen LogP contribution is -2.30. The number of hydrogen-bond acceptors (Lipinski definition) is 6. The summed E-state index contributed by atoms with van der Waals surface area (Å²) in [6, 6.07) is 0. The average molecular weight is 958 g/mol. The second-order valence-electron chi connectivity index (χ2n) is 18.5. The molecule has 0 heterocycles. The van der Waals surface area contributed by atoms with Crippen molar-refractivity contribution in [3.8, 4) is 0 Å². The molecule has 0 spiro atoms. The van der Waals surface area contributed by atoms with Crippen LogP contribution in [0.25, 0.3) is 0 Å². The van der Waals surface area contributed by atoms with Gasteiger partial charge < -0.3 is 14.2 Å². The third-order valence-corrected chi connectivity index (χ3v) is 11.7. The first-order valence-electron chi connectivity index (χ1n) is 28.4. The zero-order valence-electron chi connectivity index (χ0n) is 44.8. The van der Waals surface area contributed by atoms with Crippen LogP contribution < -0.4 is 0 Å². The van der Waals surface area contributed by atoms with E-state index >= 15 is 0 Å². The van der Waals surface area contributed by atoms with E-state index in [-0.39, 0.29) is 37.5 Å². The number of carbonyl (C=O) groups is 3. The number of carbonyl (C=O) groups excluding carboxylic acids is 3. The van der Waals surface area contributed by atoms with Crippen molar-refractivity contribution >= 4 is 17.9 Å². The number of unbranched alkanes of at least 4 members (excludes halogenated alkanes) is 21. The van der Waals surface area contributed by atoms with Crippen molar-refractivity contribution in [1.29, 1.82) is 0 Å². The Morgan fingerprint density at radius 3 is 0.913 bits per heavy atom. The van der Waals surface area contributed by atoms with Gasteiger partial charge in [0.1, 0.15) is 13.2 Å². The summed E-state index contributed by atoms with van der Waals surface area (Å²) in [5.74, 6) is -0.973. The molecule has 0 aromatic carbocycles. The normalized spacial score (nSPS) is 12.9. The predicted octanol–water partition coefficient (Wildman–Crippen LogP) is 19.1. The van der Waals surface area contributed by atoms with Gasteiger partial charge in [0.05, 0.1) is 0 Å². The minimum Gasteiger partial charge on any atom is -0.462 e. The summed E-state index contributed by atoms with van der Waals surface area (Å²) in [5.41, 5.74) is 0. The smallest absolute Gasteiger partial charge is 0.306 e. The minimum atomic E-state index is -0.812. The maximum atomic E-state index is 12.8. The van der Waals surface area contributed by atoms with Crippen LogP contribution in [-0.2, 0) is 28.6 Å². The van der Waals surface area contributed by atoms with Gasteiger partial charge in [0, 0.05) is 19.3 Å². The maximum Gasteiger partial charge on any atom is 0.306 e. The van der Waals surface area contributed by atoms with E-state index in [0.29, 0.717) is 19.3 Å². The molecule has 0 bridgehead atoms. The van der Waals surface area contributed by atoms with Gasteiger partial charge in [0.25, 0.3) is 0 Å². The molecule has 392 valence electrons. The van der Waals surface area contributed by atoms with Gasteiger partial charge in [-0.15, -0.1) is 0 Å². The monoisotopic (exact) mass is 957 g/mol. The molecule has 0 aliphatic carbocycles. The molecule has 0 aliphatic heterocycles. The summed E-state index contributed by atoms with van der Waals surface area (Å²) in [4.78, 5) is 38.1. The van der Waals surface area contributed by atoms with E-state index in [1.807, 2.05) is 0 Å². The van der Waals surface area contributed by atoms with Crippen molar-refractivity contribution in [3.05, 3.63) is 109 Å². The van der Waals surface area contributed by atoms with Crippen LogP contribution in [0, 0.1) is 0 Å². The molecule has 0 aromatic rings. The van der Waals surface area contributed by atoms with Gasteiger partial charge in [-0.1, -0.05) is 214 Å². The third-order valence-electron chi connectivity index (χ3n) is 11.7. The lowest BCUT2D eigenvalue weighted by Gasteiger charge is -2.18. The van der Waals surface area contributed by atoms with Crippen molar-refractivity contribution < 1.29 is 28.6 Å². The van der Waals surface area contributed by atoms with Crippen LogP contribution in [0.1, 0.15) is 252 Å². The fraction of sp³-hybridized carbons (Fsp3) is 0.667. The molecule has 6 nitrogen and oxygen atoms in total. The Labute approximate surface area is 425 Å². The zero-order valence-corrected chi connectivity index (χ0v) is 44.8. The largest absolute Gasteiger partial charge is 0.462 e. The number of allylic oxidation sites excluding steroid dienone is 18. The SMILES string of the molecule is CC/C=C\C/C=C\C/C=C\C/C=C\CCCCCCC(=O)OC[C@H](COC(=O)CCCCCCCCCCC/C=C\C/C=C\CCCCC)OC(=O)CCCC/C=C\C/C=C\C/C=C\CCCCC. The Hall–Kier alpha value is -3.93. The summed E-state index contributed by atoms with van der Waals surface area (Å²) in [6.07, 6.45) is 76.4. The molecule has 69 heavy (non-hydrogen) atoms. The fourth-order valence-corrected chi connectivity index (χ4v) is 7.47. The minimum absolute atomic E-state index is 0.105. The number of rotatable bonds is 50. The van der Waals surface area contributed by atoms with Crippen LogP contribution in [0.2, 0.25) is 0 Å². The summed E-state index contributed by atoms with van der Waals surface area (Å²) in [7, 11) is 0. The van der Waals surface area contributed by atoms with E-state index in [1.165, 1.54) is 96.3 Å². The van der Waals surface area contributed by atoms with Crippen LogP contribution in [0.5, 0.6) is 0 Å². The van der Waals surface area contributed by atoms with E-state index in [0.717, 1.165) is 109 Å². The zero-order chi connectivity index (χ0) is 50.0. The van der Waals surface area contributed by atoms with E-state index in [4.69, 9.17) is 14.2 Å². The number of hydrogen-bond donors (Lipinski definition) is 0. The maximum absolute atomic E-state index is 12.8. The summed E-state index contributed by atoms with van der Waals surface area (Å²) < 4.78 is 16.8. The topological polar surface area (TPSA) is 78.9 Å². The van der Waals surface area contributed by atoms with Crippen molar-refractivity contribution in [1.82, 2.24) is 0 Å². The quantitative estimate of drug-likeness (QED) is 0.0262. The second kappa shape index (κ2) is 56.7. The van der Waals surface area contributed by atoms with Crippen LogP contribution >= 0.6 is 0 Å². The molecule has 0 fully saturated rings. The van der Waals surface area contributed by atoms with Gasteiger partial charge in [-0.05, 0) is 128 Å². The van der Waals surface area contributed by atoms with Gasteiger partial charge in [-0.3, -0.25) is 14.4 Å². The summed E-state index contributed by atoms with van der Waals surface area (Å²) in [5, 5.41) is 0. The first kappa shape index (κ1) is 65.1. The molecule has 0 rings (SSSR count). The molecular formula is C63H104O6. The van der Waals surface area contributed by atoms with E-state index < -0.39 is 6.10 Å². The molecule has 1 atom stereocenters. The van der Waals surface area contributed by atoms with E-state index in [2.05, 4.69) is 130 Å². The van der Waals surface area contributed by atoms with E-state index in [1.54, 1.807) is 0 Å². The van der Waals surface area contributed by atoms with Crippen molar-refractivity contribution in [2.24, 2.45) is 0 Å². The molecule has 0 aromatic heterocycles. The number of ether oxygens (including phenoxy) is 3. The average Bonchev–Trinajstić information content (AvgIpc) is 3.35. The Balaban J connectivity index is 4.48. The van der Waals surface area contributed by atoms with Gasteiger partial charge >= 0.3 is 17.9 Å². The van der Waals surface area contributed by atoms with Crippen molar-refractivity contribution in [3.63, 3.8) is 0 Å². The Morgan fingerprint density at radius 2 is 0.565 bits per heavy atom. The fourth-order valence-electron chi connectivity index (χ4n) is 7.47. The Bertz CT molecular complexity index is 1420. The highest BCUT2D eigenvalue weighted by Gasteiger charge is 2.19. The van der Waals surface area contributed by atoms with Crippen molar-refractivity contribution in [2.45, 2.75) is 258 Å². The predicted molar refractivity (Wildman–Crippen MR) is 297 cm³/mol. The molecule has 0 saturated heterocycles. The van der Waals surface area contributed by atoms with Gasteiger partial charge in [-0.25, -0.2) is 0 Å². The van der Waals surface area contributed by atoms with Crippen LogP contribution in [-0.4, -0.2) is 37.2 Å². The number of esters is 3. The second-order valence-corrected chi connectivity index (χ2v) is 18.5. The lowest BCUT2D eigenvalue weighted by molar-refractivity contribution is -0.167. The third kappa shape index (κ3) is 54.9. The molecule has 0 saturated carbocycles. The van der Waals surface area contributed by atoms with Gasteiger partial charge in [-0.2, -0.15) is 0 Å². The van der Waals surface area contributed by atoms with Crippen LogP contribution in [0.15, 0.2) is 109 Å². The lowest BCUT2D eigenvalue weighted by atomic mass is 10.1. The van der Waals surface area contributed by atoms with E-state index in [9.17, 15) is 14.4 Å². The van der Waals surface area contributed by atoms with Crippen molar-refractivity contribution in [2.75, 3.05) is 13.2 Å². The molecule has 0 aliphatic rings. The summed E-state index contributed by atoms with van der Waals surface area (Å²) >= 11 is 0. The standard InChI is InChI=1S/C63H104O6/c1-4-7-10-13-16-19-22-25-28-30-31-33-36-38-41-44-47-50-53-56-62(65)68-59-60(69-63(66)57-54-51-48-45-42-39-34-27-24-21-18-15-12-9-6-3)58-67-61(64)55-52-49-46-43-40-37-35-32-29-26-23-20-17-14-11-8-5-2/h8,11,16-21,25-29,34-35,37,42,45,60H,4-7,9-10,12-15,22-24,30-33,36,38-41,43-44,46-59H2,1-3H3/b11-8-,19-16-,20-17-,21-18-,28-25-,29-26-,34-27-,37-35-,45-42-/t60-/m1/s1. The van der Waals surface area contributed by atoms with Crippen LogP contribution in [0.3, 0.4) is 0 Å². The molecule has 0 amide bonds. The van der Waals surface area contributed by atoms with Gasteiger partial charge in [0.15, 0.2) is 6.10 Å². The summed E-state index contributed by atoms with van der Waals surface area (Å²) in [6.45, 7) is 6.42. The molecule has 0 radical (unpaired) electrons. The first-order valence-corrected chi connectivity index (χ1v) is 28.4. The Morgan fingerprint density at radius 1 is 0.304 bits per heavy atom. The first-order chi connectivity index (χ1) is 34.0. The molecule has 0 N–H and O–H groups in total. The molecular weight excluding hydrogens is 853 g/mol. The highest BCUT2D eigenvalue weighted by molar-refractivity contribution is 5.71. The van der Waals surface area contributed by atoms with Crippen LogP contribution in [0.4, 0.5) is 0 Å². The Kier molecular flexibility index (Phi) is 53.4.